The molecule has 9 aromatic carbocycles. The summed E-state index contributed by atoms with van der Waals surface area (Å²) in [4.78, 5) is 9.81. The van der Waals surface area contributed by atoms with Crippen molar-refractivity contribution < 1.29 is 14.2 Å². The average molecular weight is 2110 g/mol. The Hall–Kier alpha value is -8.60. The number of thioether (sulfide) groups is 2. The molecule has 2 fully saturated rings. The second-order valence-corrected chi connectivity index (χ2v) is 31.2. The molecule has 11 aliphatic rings. The van der Waals surface area contributed by atoms with Crippen molar-refractivity contribution in [3.63, 3.8) is 0 Å². The van der Waals surface area contributed by atoms with Gasteiger partial charge < -0.3 is 24.8 Å². The molecule has 2 aromatic heterocycles. The summed E-state index contributed by atoms with van der Waals surface area (Å²) >= 11 is 4.03. The summed E-state index contributed by atoms with van der Waals surface area (Å²) in [5.41, 5.74) is 20.7. The quantitative estimate of drug-likeness (QED) is 0.154. The third-order valence-electron chi connectivity index (χ3n) is 21.6. The number of nitrogens with zero attached hydrogens (tertiary/aromatic N) is 2. The van der Waals surface area contributed by atoms with Crippen molar-refractivity contribution in [1.29, 1.82) is 0 Å². The second kappa shape index (κ2) is 136. The topological polar surface area (TPSA) is 77.5 Å². The lowest BCUT2D eigenvalue weighted by atomic mass is 9.82. The van der Waals surface area contributed by atoms with E-state index >= 15 is 0 Å². The molecule has 9 heteroatoms. The van der Waals surface area contributed by atoms with Crippen LogP contribution in [0, 0.1) is 11.8 Å². The first-order valence-corrected chi connectivity index (χ1v) is 64.1. The minimum atomic E-state index is 0.360. The van der Waals surface area contributed by atoms with Gasteiger partial charge in [-0.3, -0.25) is 9.97 Å². The van der Waals surface area contributed by atoms with Gasteiger partial charge in [0.1, 0.15) is 5.75 Å². The van der Waals surface area contributed by atoms with Crippen LogP contribution in [0.1, 0.15) is 467 Å². The van der Waals surface area contributed by atoms with E-state index in [2.05, 4.69) is 215 Å². The van der Waals surface area contributed by atoms with Crippen LogP contribution in [0.5, 0.6) is 17.2 Å². The highest BCUT2D eigenvalue weighted by molar-refractivity contribution is 7.99. The first kappa shape index (κ1) is 164. The van der Waals surface area contributed by atoms with E-state index in [1.807, 2.05) is 389 Å². The van der Waals surface area contributed by atoms with Crippen LogP contribution in [-0.4, -0.2) is 48.0 Å². The molecule has 2 atom stereocenters. The lowest BCUT2D eigenvalue weighted by Crippen LogP contribution is -2.23. The molecule has 7 nitrogen and oxygen atoms in total. The van der Waals surface area contributed by atoms with Crippen molar-refractivity contribution in [1.82, 2.24) is 15.3 Å². The van der Waals surface area contributed by atoms with Crippen LogP contribution in [0.15, 0.2) is 260 Å². The minimum Gasteiger partial charge on any atom is -0.493 e. The number of anilines is 1. The number of ether oxygens (including phenoxy) is 3. The number of hydrogen-bond acceptors (Lipinski definition) is 9. The molecule has 5 aliphatic carbocycles. The number of pyridine rings is 2. The number of nitrogens with one attached hydrogen (secondary N) is 2. The summed E-state index contributed by atoms with van der Waals surface area (Å²) in [6, 6.07) is 82.3. The van der Waals surface area contributed by atoms with E-state index in [4.69, 9.17) is 14.2 Å². The Morgan fingerprint density at radius 2 is 0.607 bits per heavy atom. The fraction of sp³-hybridized carbons (Fsp3) is 0.560. The van der Waals surface area contributed by atoms with E-state index in [0.717, 1.165) is 49.9 Å². The predicted molar refractivity (Wildman–Crippen MR) is 698 cm³/mol. The Morgan fingerprint density at radius 3 is 1.07 bits per heavy atom. The van der Waals surface area contributed by atoms with E-state index in [0.29, 0.717) is 6.79 Å². The van der Waals surface area contributed by atoms with Gasteiger partial charge in [0.25, 0.3) is 0 Å². The number of hydrogen-bond donors (Lipinski definition) is 2. The first-order chi connectivity index (χ1) is 74.6. The number of para-hydroxylation sites is 4. The van der Waals surface area contributed by atoms with Crippen LogP contribution in [0.25, 0.3) is 10.8 Å². The van der Waals surface area contributed by atoms with Crippen molar-refractivity contribution in [2.24, 2.45) is 11.8 Å². The number of aromatic nitrogens is 2. The van der Waals surface area contributed by atoms with E-state index in [1.54, 1.807) is 53.5 Å². The summed E-state index contributed by atoms with van der Waals surface area (Å²) < 4.78 is 15.6. The lowest BCUT2D eigenvalue weighted by Gasteiger charge is -2.24. The molecule has 0 spiro atoms. The highest BCUT2D eigenvalue weighted by atomic mass is 32.2. The zero-order chi connectivity index (χ0) is 116. The molecule has 858 valence electrons. The number of aryl methyl sites for hydroxylation is 10. The summed E-state index contributed by atoms with van der Waals surface area (Å²) in [6.07, 6.45) is 39.4. The van der Waals surface area contributed by atoms with Gasteiger partial charge >= 0.3 is 0 Å². The Morgan fingerprint density at radius 1 is 0.247 bits per heavy atom. The van der Waals surface area contributed by atoms with Gasteiger partial charge in [0.05, 0.1) is 6.61 Å². The lowest BCUT2D eigenvalue weighted by molar-refractivity contribution is 0.174. The van der Waals surface area contributed by atoms with Crippen LogP contribution in [0.3, 0.4) is 0 Å². The van der Waals surface area contributed by atoms with Crippen LogP contribution in [-0.2, 0) is 82.9 Å². The molecule has 0 saturated heterocycles. The third kappa shape index (κ3) is 77.7. The standard InChI is InChI=1S/C10H12.C10H8.2C9H11N.C9H10O.2C9H10S.C9H16.2C8H9N.C7H6O2.22C2H6/c2*1-2-6-10-8-4-3-7-9(10)5-1;1-2-6-9-8(4-1)5-3-7-10-9;1-2-4-9-7-10-6-5-8(9)3-1;2*1-2-6-9-8(4-1)5-3-7-10-9;1-2-4-9-7-10-6-5-8(9)3-1;1-2-5-9-7-3-6-8(9)4-1;1-3-7-4-2-6-9-8(7)5-1;1-2-7-4-5-9-6-8(7)3-1;1-2-4-7-6(3-1)8-5-9-7;22*1-2/h1-2,5-6H,3-4,7-8H2;1-8H;1-2,4,6,10H,3,5,7H2;1-4,10H,5-7H2;2*1-2,4,6H,3,5,7H2;1-4H,5-7H2;8-9H,1-7H2;2,4,6H,1,3,5H2;4-6H,1-3H2;1-4H,5H2;22*1-2H3. The van der Waals surface area contributed by atoms with Crippen LogP contribution < -0.4 is 24.8 Å². The van der Waals surface area contributed by atoms with Gasteiger partial charge in [-0.05, 0) is 265 Å². The Labute approximate surface area is 945 Å². The second-order valence-electron chi connectivity index (χ2n) is 28.9. The molecular formula is C141H244N4O3S2. The number of rotatable bonds is 0. The van der Waals surface area contributed by atoms with Crippen molar-refractivity contribution in [3.8, 4) is 17.2 Å². The Kier molecular flexibility index (Phi) is 149. The SMILES string of the molecule is C1CCC2CCCC2C1.CC.CC.CC.CC.CC.CC.CC.CC.CC.CC.CC.CC.CC.CC.CC.CC.CC.CC.CC.CC.CC.CC.c1cc2c(cn1)CCC2.c1ccc2c(c1)CCCC2.c1ccc2c(c1)CCCN2.c1ccc2c(c1)CCCO2.c1ccc2c(c1)CCCS2.c1ccc2c(c1)CCNC2.c1ccc2c(c1)CCSC2.c1ccc2c(c1)OCO2.c1ccc2ccccc2c1.c1cnc2c(c1)CCC2. The van der Waals surface area contributed by atoms with Gasteiger partial charge in [0.15, 0.2) is 11.5 Å². The van der Waals surface area contributed by atoms with Crippen LogP contribution >= 0.6 is 23.5 Å². The van der Waals surface area contributed by atoms with E-state index in [-0.39, 0.29) is 0 Å². The van der Waals surface area contributed by atoms with Gasteiger partial charge in [-0.2, -0.15) is 11.8 Å². The zero-order valence-corrected chi connectivity index (χ0v) is 108. The zero-order valence-electron chi connectivity index (χ0n) is 107. The minimum absolute atomic E-state index is 0.360. The van der Waals surface area contributed by atoms with Crippen LogP contribution in [0.2, 0.25) is 0 Å². The molecule has 8 heterocycles. The van der Waals surface area contributed by atoms with Gasteiger partial charge in [0.2, 0.25) is 6.79 Å². The molecule has 2 unspecified atom stereocenters. The largest absolute Gasteiger partial charge is 0.493 e. The van der Waals surface area contributed by atoms with E-state index in [9.17, 15) is 0 Å². The molecular weight excluding hydrogens is 1860 g/mol. The van der Waals surface area contributed by atoms with Gasteiger partial charge in [-0.25, -0.2) is 0 Å². The molecule has 0 bridgehead atoms. The van der Waals surface area contributed by atoms with E-state index < -0.39 is 0 Å². The smallest absolute Gasteiger partial charge is 0.231 e. The summed E-state index contributed by atoms with van der Waals surface area (Å²) in [7, 11) is 0. The Bertz CT molecular complexity index is 3580. The average Bonchev–Trinajstić information content (AvgIpc) is 1.70. The monoisotopic (exact) mass is 2110 g/mol. The summed E-state index contributed by atoms with van der Waals surface area (Å²) in [5.74, 6) is 8.92. The highest BCUT2D eigenvalue weighted by Gasteiger charge is 2.29. The van der Waals surface area contributed by atoms with Crippen molar-refractivity contribution in [3.05, 3.63) is 328 Å². The molecule has 0 radical (unpaired) electrons. The molecule has 22 rings (SSSR count). The number of fused-ring (bicyclic) bond motifs is 11. The fourth-order valence-corrected chi connectivity index (χ4v) is 17.9. The maximum absolute atomic E-state index is 5.42. The molecule has 0 amide bonds. The van der Waals surface area contributed by atoms with Crippen LogP contribution in [0.4, 0.5) is 5.69 Å². The molecule has 6 aliphatic heterocycles. The highest BCUT2D eigenvalue weighted by Crippen LogP contribution is 2.42. The van der Waals surface area contributed by atoms with Gasteiger partial charge in [-0.15, -0.1) is 11.8 Å². The predicted octanol–water partition coefficient (Wildman–Crippen LogP) is 46.1. The number of benzene rings is 9. The molecule has 11 aromatic rings. The summed E-state index contributed by atoms with van der Waals surface area (Å²) in [6.45, 7) is 92.6. The molecule has 2 N–H and O–H groups in total. The van der Waals surface area contributed by atoms with E-state index in [1.165, 1.54) is 224 Å². The third-order valence-corrected chi connectivity index (χ3v) is 23.9. The van der Waals surface area contributed by atoms with Gasteiger partial charge in [-0.1, -0.05) is 544 Å². The first-order valence-electron chi connectivity index (χ1n) is 62.0. The van der Waals surface area contributed by atoms with Gasteiger partial charge in [0, 0.05) is 53.7 Å². The molecule has 2 saturated carbocycles. The normalized spacial score (nSPS) is 13.3. The maximum Gasteiger partial charge on any atom is 0.231 e. The Balaban J connectivity index is -0.000000152. The maximum atomic E-state index is 5.42. The summed E-state index contributed by atoms with van der Waals surface area (Å²) in [5, 5.41) is 9.32. The fourth-order valence-electron chi connectivity index (χ4n) is 15.8. The molecule has 150 heavy (non-hydrogen) atoms. The van der Waals surface area contributed by atoms with Crippen molar-refractivity contribution >= 4 is 40.0 Å². The van der Waals surface area contributed by atoms with Crippen molar-refractivity contribution in [2.45, 2.75) is 482 Å². The van der Waals surface area contributed by atoms with Crippen molar-refractivity contribution in [2.75, 3.05) is 43.3 Å².